The molecule has 4 heterocycles. The van der Waals surface area contributed by atoms with Gasteiger partial charge in [0, 0.05) is 42.9 Å². The summed E-state index contributed by atoms with van der Waals surface area (Å²) < 4.78 is 13.0. The molecule has 8 heteroatoms. The summed E-state index contributed by atoms with van der Waals surface area (Å²) in [6.45, 7) is 5.20. The van der Waals surface area contributed by atoms with Gasteiger partial charge in [0.15, 0.2) is 11.0 Å². The molecule has 0 atom stereocenters. The monoisotopic (exact) mass is 499 g/mol. The number of aryl methyl sites for hydroxylation is 1. The summed E-state index contributed by atoms with van der Waals surface area (Å²) in [6.07, 6.45) is 4.99. The lowest BCUT2D eigenvalue weighted by Gasteiger charge is -2.19. The number of nitrogens with zero attached hydrogens (tertiary/aromatic N) is 5. The topological polar surface area (TPSA) is 73.1 Å². The van der Waals surface area contributed by atoms with Crippen LogP contribution in [0.3, 0.4) is 0 Å². The lowest BCUT2D eigenvalue weighted by atomic mass is 9.99. The number of furan rings is 1. The highest BCUT2D eigenvalue weighted by Gasteiger charge is 2.17. The molecule has 6 rings (SSSR count). The summed E-state index contributed by atoms with van der Waals surface area (Å²) in [7, 11) is 2.03. The zero-order valence-electron chi connectivity index (χ0n) is 20.6. The Hall–Kier alpha value is -3.36. The Balaban J connectivity index is 1.03. The van der Waals surface area contributed by atoms with Gasteiger partial charge in [-0.15, -0.1) is 10.2 Å². The molecule has 0 fully saturated rings. The second kappa shape index (κ2) is 9.95. The predicted octanol–water partition coefficient (Wildman–Crippen LogP) is 5.77. The molecule has 0 unspecified atom stereocenters. The molecule has 2 aromatic carbocycles. The number of rotatable bonds is 7. The molecule has 0 radical (unpaired) electrons. The maximum Gasteiger partial charge on any atom is 0.191 e. The maximum atomic E-state index is 5.70. The fourth-order valence-corrected chi connectivity index (χ4v) is 5.79. The summed E-state index contributed by atoms with van der Waals surface area (Å²) >= 11 is 1.77. The third kappa shape index (κ3) is 4.58. The molecule has 1 aliphatic heterocycles. The first-order valence-corrected chi connectivity index (χ1v) is 13.4. The number of fused-ring (bicyclic) bond motifs is 2. The smallest absolute Gasteiger partial charge is 0.191 e. The lowest BCUT2D eigenvalue weighted by molar-refractivity contribution is 0.289. The summed E-state index contributed by atoms with van der Waals surface area (Å²) in [5.41, 5.74) is 6.78. The molecular formula is C28H29N5O2S. The van der Waals surface area contributed by atoms with Crippen molar-refractivity contribution in [1.29, 1.82) is 0 Å². The van der Waals surface area contributed by atoms with Crippen LogP contribution >= 0.6 is 11.8 Å². The molecular weight excluding hydrogens is 470 g/mol. The Morgan fingerprint density at radius 1 is 1.00 bits per heavy atom. The largest absolute Gasteiger partial charge is 0.464 e. The number of thioether (sulfide) groups is 1. The second-order valence-electron chi connectivity index (χ2n) is 9.36. The number of hydrogen-bond donors (Lipinski definition) is 0. The molecule has 36 heavy (non-hydrogen) atoms. The van der Waals surface area contributed by atoms with Crippen LogP contribution in [0.1, 0.15) is 23.3 Å². The van der Waals surface area contributed by atoms with Crippen LogP contribution in [0.4, 0.5) is 0 Å². The minimum atomic E-state index is 0.837. The van der Waals surface area contributed by atoms with Crippen LogP contribution in [0.15, 0.2) is 68.9 Å². The van der Waals surface area contributed by atoms with Crippen molar-refractivity contribution in [2.45, 2.75) is 31.3 Å². The van der Waals surface area contributed by atoms with E-state index in [-0.39, 0.29) is 0 Å². The first-order valence-electron chi connectivity index (χ1n) is 12.4. The highest BCUT2D eigenvalue weighted by atomic mass is 32.2. The summed E-state index contributed by atoms with van der Waals surface area (Å²) in [5.74, 6) is 2.69. The van der Waals surface area contributed by atoms with E-state index in [1.54, 1.807) is 18.0 Å². The average molecular weight is 500 g/mol. The van der Waals surface area contributed by atoms with E-state index in [0.717, 1.165) is 89.2 Å². The molecule has 0 spiro atoms. The van der Waals surface area contributed by atoms with Crippen LogP contribution in [-0.4, -0.2) is 50.2 Å². The highest BCUT2D eigenvalue weighted by Crippen LogP contribution is 2.30. The summed E-state index contributed by atoms with van der Waals surface area (Å²) in [5, 5.41) is 15.1. The predicted molar refractivity (Wildman–Crippen MR) is 142 cm³/mol. The van der Waals surface area contributed by atoms with Crippen molar-refractivity contribution in [3.8, 4) is 22.6 Å². The SMILES string of the molecule is Cc1cc(-c2ccc3c(c2)CCN(CCCSc2nnc(-c4cccc5ccoc45)n2C)CC3)no1. The van der Waals surface area contributed by atoms with Crippen molar-refractivity contribution in [2.24, 2.45) is 7.05 Å². The van der Waals surface area contributed by atoms with Crippen LogP contribution in [0, 0.1) is 6.92 Å². The number of para-hydroxylation sites is 1. The number of hydrogen-bond acceptors (Lipinski definition) is 7. The molecule has 5 aromatic rings. The number of benzene rings is 2. The third-order valence-electron chi connectivity index (χ3n) is 6.93. The standard InChI is InChI=1S/C28H29N5O2S/c1-19-17-25(31-35-19)23-8-7-20-9-13-33(14-10-22(20)18-23)12-4-16-36-28-30-29-27(32(28)2)24-6-3-5-21-11-15-34-26(21)24/h3,5-8,11,15,17-18H,4,9-10,12-14,16H2,1-2H3. The molecule has 0 saturated heterocycles. The fraction of sp³-hybridized carbons (Fsp3) is 0.321. The normalized spacial score (nSPS) is 14.3. The van der Waals surface area contributed by atoms with Crippen molar-refractivity contribution in [3.63, 3.8) is 0 Å². The Morgan fingerprint density at radius 2 is 1.89 bits per heavy atom. The second-order valence-corrected chi connectivity index (χ2v) is 10.4. The molecule has 0 bridgehead atoms. The van der Waals surface area contributed by atoms with E-state index in [0.29, 0.717) is 0 Å². The van der Waals surface area contributed by atoms with Gasteiger partial charge in [0.2, 0.25) is 0 Å². The Kier molecular flexibility index (Phi) is 6.37. The molecule has 184 valence electrons. The van der Waals surface area contributed by atoms with E-state index in [1.165, 1.54) is 11.1 Å². The van der Waals surface area contributed by atoms with Crippen molar-refractivity contribution < 1.29 is 8.94 Å². The van der Waals surface area contributed by atoms with Crippen molar-refractivity contribution >= 4 is 22.7 Å². The van der Waals surface area contributed by atoms with Crippen molar-refractivity contribution in [3.05, 3.63) is 71.7 Å². The van der Waals surface area contributed by atoms with Gasteiger partial charge in [-0.05, 0) is 62.1 Å². The minimum Gasteiger partial charge on any atom is -0.464 e. The summed E-state index contributed by atoms with van der Waals surface area (Å²) in [6, 6.07) is 16.8. The van der Waals surface area contributed by atoms with Crippen LogP contribution in [-0.2, 0) is 19.9 Å². The third-order valence-corrected chi connectivity index (χ3v) is 8.04. The van der Waals surface area contributed by atoms with Gasteiger partial charge in [-0.1, -0.05) is 41.2 Å². The highest BCUT2D eigenvalue weighted by molar-refractivity contribution is 7.99. The van der Waals surface area contributed by atoms with Crippen LogP contribution in [0.2, 0.25) is 0 Å². The molecule has 3 aromatic heterocycles. The quantitative estimate of drug-likeness (QED) is 0.208. The van der Waals surface area contributed by atoms with Gasteiger partial charge in [0.1, 0.15) is 17.0 Å². The maximum absolute atomic E-state index is 5.70. The molecule has 1 aliphatic rings. The van der Waals surface area contributed by atoms with E-state index in [1.807, 2.05) is 44.3 Å². The van der Waals surface area contributed by atoms with E-state index in [2.05, 4.69) is 43.0 Å². The Bertz CT molecular complexity index is 1500. The van der Waals surface area contributed by atoms with Crippen molar-refractivity contribution in [1.82, 2.24) is 24.8 Å². The first-order chi connectivity index (χ1) is 17.7. The van der Waals surface area contributed by atoms with Crippen LogP contribution in [0.25, 0.3) is 33.6 Å². The Labute approximate surface area is 214 Å². The van der Waals surface area contributed by atoms with Crippen LogP contribution < -0.4 is 0 Å². The fourth-order valence-electron chi connectivity index (χ4n) is 4.95. The number of aromatic nitrogens is 4. The van der Waals surface area contributed by atoms with E-state index in [9.17, 15) is 0 Å². The molecule has 7 nitrogen and oxygen atoms in total. The zero-order chi connectivity index (χ0) is 24.5. The molecule has 0 saturated carbocycles. The van der Waals surface area contributed by atoms with E-state index >= 15 is 0 Å². The van der Waals surface area contributed by atoms with Gasteiger partial charge < -0.3 is 18.4 Å². The minimum absolute atomic E-state index is 0.837. The molecule has 0 N–H and O–H groups in total. The van der Waals surface area contributed by atoms with Gasteiger partial charge in [-0.2, -0.15) is 0 Å². The average Bonchev–Trinajstić information content (AvgIpc) is 3.60. The van der Waals surface area contributed by atoms with Gasteiger partial charge in [-0.3, -0.25) is 0 Å². The molecule has 0 amide bonds. The van der Waals surface area contributed by atoms with Crippen LogP contribution in [0.5, 0.6) is 0 Å². The van der Waals surface area contributed by atoms with Gasteiger partial charge in [0.05, 0.1) is 11.8 Å². The van der Waals surface area contributed by atoms with Gasteiger partial charge >= 0.3 is 0 Å². The Morgan fingerprint density at radius 3 is 2.75 bits per heavy atom. The van der Waals surface area contributed by atoms with Crippen molar-refractivity contribution in [2.75, 3.05) is 25.4 Å². The van der Waals surface area contributed by atoms with E-state index in [4.69, 9.17) is 8.94 Å². The van der Waals surface area contributed by atoms with Gasteiger partial charge in [0.25, 0.3) is 0 Å². The van der Waals surface area contributed by atoms with Gasteiger partial charge in [-0.25, -0.2) is 0 Å². The first kappa shape index (κ1) is 23.1. The summed E-state index contributed by atoms with van der Waals surface area (Å²) in [4.78, 5) is 2.58. The zero-order valence-corrected chi connectivity index (χ0v) is 21.4. The van der Waals surface area contributed by atoms with E-state index < -0.39 is 0 Å². The molecule has 0 aliphatic carbocycles. The lowest BCUT2D eigenvalue weighted by Crippen LogP contribution is -2.27.